The quantitative estimate of drug-likeness (QED) is 0.906. The van der Waals surface area contributed by atoms with Crippen molar-refractivity contribution in [2.75, 3.05) is 11.3 Å². The molecule has 0 bridgehead atoms. The second-order valence-electron chi connectivity index (χ2n) is 6.19. The molecule has 7 heteroatoms. The summed E-state index contributed by atoms with van der Waals surface area (Å²) < 4.78 is 27.6. The normalized spacial score (nSPS) is 14.5. The zero-order chi connectivity index (χ0) is 17.3. The lowest BCUT2D eigenvalue weighted by molar-refractivity contribution is -0.135. The number of rotatable bonds is 4. The van der Waals surface area contributed by atoms with Crippen LogP contribution in [0.5, 0.6) is 0 Å². The van der Waals surface area contributed by atoms with Crippen LogP contribution in [-0.4, -0.2) is 25.8 Å². The first-order valence-electron chi connectivity index (χ1n) is 7.84. The average Bonchev–Trinajstić information content (AvgIpc) is 3.08. The van der Waals surface area contributed by atoms with E-state index in [9.17, 15) is 13.2 Å². The average molecular weight is 364 g/mol. The Morgan fingerprint density at radius 2 is 2.04 bits per heavy atom. The van der Waals surface area contributed by atoms with Crippen molar-refractivity contribution in [2.45, 2.75) is 31.0 Å². The van der Waals surface area contributed by atoms with Crippen molar-refractivity contribution >= 4 is 33.0 Å². The summed E-state index contributed by atoms with van der Waals surface area (Å²) in [5, 5.41) is 1.73. The lowest BCUT2D eigenvalue weighted by atomic mass is 9.98. The number of anilines is 1. The lowest BCUT2D eigenvalue weighted by Crippen LogP contribution is -2.38. The van der Waals surface area contributed by atoms with Gasteiger partial charge in [-0.2, -0.15) is 0 Å². The van der Waals surface area contributed by atoms with Crippen molar-refractivity contribution in [3.63, 3.8) is 0 Å². The van der Waals surface area contributed by atoms with Crippen LogP contribution in [0, 0.1) is 5.92 Å². The topological polar surface area (TPSA) is 66.5 Å². The molecule has 0 unspecified atom stereocenters. The van der Waals surface area contributed by atoms with E-state index in [1.165, 1.54) is 16.9 Å². The molecular formula is C17H20N2O3S2. The van der Waals surface area contributed by atoms with E-state index < -0.39 is 10.0 Å². The third-order valence-electron chi connectivity index (χ3n) is 4.04. The molecule has 0 aliphatic carbocycles. The molecule has 1 aromatic heterocycles. The van der Waals surface area contributed by atoms with Gasteiger partial charge in [0.05, 0.1) is 0 Å². The van der Waals surface area contributed by atoms with E-state index in [4.69, 9.17) is 0 Å². The van der Waals surface area contributed by atoms with E-state index >= 15 is 0 Å². The molecule has 1 aliphatic heterocycles. The number of nitrogens with one attached hydrogen (secondary N) is 1. The Bertz CT molecular complexity index is 843. The molecule has 2 aromatic rings. The van der Waals surface area contributed by atoms with Crippen LogP contribution in [0.25, 0.3) is 0 Å². The molecule has 1 N–H and O–H groups in total. The number of benzene rings is 1. The summed E-state index contributed by atoms with van der Waals surface area (Å²) in [5.74, 6) is 0.0947. The van der Waals surface area contributed by atoms with Gasteiger partial charge >= 0.3 is 0 Å². The first kappa shape index (κ1) is 17.0. The predicted octanol–water partition coefficient (Wildman–Crippen LogP) is 3.09. The highest BCUT2D eigenvalue weighted by molar-refractivity contribution is 7.94. The molecule has 0 radical (unpaired) electrons. The number of hydrogen-bond donors (Lipinski definition) is 1. The zero-order valence-electron chi connectivity index (χ0n) is 13.7. The van der Waals surface area contributed by atoms with Gasteiger partial charge in [-0.1, -0.05) is 26.0 Å². The third kappa shape index (κ3) is 3.47. The highest BCUT2D eigenvalue weighted by Crippen LogP contribution is 2.26. The molecule has 2 heterocycles. The molecular weight excluding hydrogens is 344 g/mol. The monoisotopic (exact) mass is 364 g/mol. The summed E-state index contributed by atoms with van der Waals surface area (Å²) in [6.07, 6.45) is 0.797. The Kier molecular flexibility index (Phi) is 4.64. The van der Waals surface area contributed by atoms with Gasteiger partial charge in [-0.15, -0.1) is 11.3 Å². The van der Waals surface area contributed by atoms with E-state index in [2.05, 4.69) is 4.72 Å². The smallest absolute Gasteiger partial charge is 0.271 e. The summed E-state index contributed by atoms with van der Waals surface area (Å²) in [5.41, 5.74) is 2.70. The molecule has 0 saturated carbocycles. The third-order valence-corrected chi connectivity index (χ3v) is 6.82. The number of carbonyl (C=O) groups excluding carboxylic acids is 1. The van der Waals surface area contributed by atoms with Crippen LogP contribution in [0.4, 0.5) is 5.69 Å². The Morgan fingerprint density at radius 1 is 1.25 bits per heavy atom. The number of nitrogens with zero attached hydrogens (tertiary/aromatic N) is 1. The van der Waals surface area contributed by atoms with Gasteiger partial charge in [0, 0.05) is 24.7 Å². The van der Waals surface area contributed by atoms with Crippen LogP contribution >= 0.6 is 11.3 Å². The fourth-order valence-electron chi connectivity index (χ4n) is 2.80. The first-order chi connectivity index (χ1) is 11.4. The van der Waals surface area contributed by atoms with Gasteiger partial charge in [-0.25, -0.2) is 8.42 Å². The summed E-state index contributed by atoms with van der Waals surface area (Å²) in [7, 11) is -3.55. The van der Waals surface area contributed by atoms with Crippen molar-refractivity contribution in [3.8, 4) is 0 Å². The maximum Gasteiger partial charge on any atom is 0.271 e. The van der Waals surface area contributed by atoms with Gasteiger partial charge in [0.25, 0.3) is 10.0 Å². The minimum absolute atomic E-state index is 0.0351. The number of fused-ring (bicyclic) bond motifs is 1. The molecule has 0 saturated heterocycles. The summed E-state index contributed by atoms with van der Waals surface area (Å²) in [6.45, 7) is 5.03. The van der Waals surface area contributed by atoms with Crippen LogP contribution in [0.2, 0.25) is 0 Å². The fraction of sp³-hybridized carbons (Fsp3) is 0.353. The number of carbonyl (C=O) groups is 1. The lowest BCUT2D eigenvalue weighted by Gasteiger charge is -2.30. The summed E-state index contributed by atoms with van der Waals surface area (Å²) in [4.78, 5) is 14.0. The molecule has 1 amide bonds. The molecule has 0 fully saturated rings. The van der Waals surface area contributed by atoms with Gasteiger partial charge in [-0.05, 0) is 41.1 Å². The van der Waals surface area contributed by atoms with Crippen molar-refractivity contribution in [2.24, 2.45) is 5.92 Å². The van der Waals surface area contributed by atoms with Crippen LogP contribution < -0.4 is 4.72 Å². The molecule has 1 aromatic carbocycles. The molecule has 0 spiro atoms. The Balaban J connectivity index is 1.82. The molecule has 5 nitrogen and oxygen atoms in total. The van der Waals surface area contributed by atoms with Crippen molar-refractivity contribution < 1.29 is 13.2 Å². The van der Waals surface area contributed by atoms with Gasteiger partial charge in [0.2, 0.25) is 5.91 Å². The minimum Gasteiger partial charge on any atom is -0.338 e. The summed E-state index contributed by atoms with van der Waals surface area (Å²) in [6, 6.07) is 8.85. The maximum atomic E-state index is 12.3. The van der Waals surface area contributed by atoms with Crippen LogP contribution in [-0.2, 0) is 27.8 Å². The second-order valence-corrected chi connectivity index (χ2v) is 9.04. The largest absolute Gasteiger partial charge is 0.338 e. The van der Waals surface area contributed by atoms with Crippen molar-refractivity contribution in [1.29, 1.82) is 0 Å². The summed E-state index contributed by atoms with van der Waals surface area (Å²) >= 11 is 1.18. The Labute approximate surface area is 146 Å². The number of sulfonamides is 1. The van der Waals surface area contributed by atoms with Gasteiger partial charge < -0.3 is 4.90 Å². The Hall–Kier alpha value is -1.86. The van der Waals surface area contributed by atoms with E-state index in [1.807, 2.05) is 30.9 Å². The van der Waals surface area contributed by atoms with Crippen molar-refractivity contribution in [1.82, 2.24) is 4.90 Å². The highest BCUT2D eigenvalue weighted by atomic mass is 32.2. The van der Waals surface area contributed by atoms with E-state index in [0.29, 0.717) is 18.8 Å². The maximum absolute atomic E-state index is 12.3. The Morgan fingerprint density at radius 3 is 2.71 bits per heavy atom. The molecule has 24 heavy (non-hydrogen) atoms. The van der Waals surface area contributed by atoms with E-state index in [-0.39, 0.29) is 16.0 Å². The molecule has 3 rings (SSSR count). The van der Waals surface area contributed by atoms with Crippen LogP contribution in [0.3, 0.4) is 0 Å². The second kappa shape index (κ2) is 6.57. The van der Waals surface area contributed by atoms with E-state index in [0.717, 1.165) is 12.0 Å². The van der Waals surface area contributed by atoms with Crippen LogP contribution in [0.1, 0.15) is 25.0 Å². The fourth-order valence-corrected chi connectivity index (χ4v) is 4.84. The number of amides is 1. The predicted molar refractivity (Wildman–Crippen MR) is 95.5 cm³/mol. The molecule has 0 atom stereocenters. The SMILES string of the molecule is CC(C)C(=O)N1CCc2ccc(NS(=O)(=O)c3cccs3)cc2C1. The number of hydrogen-bond acceptors (Lipinski definition) is 4. The van der Waals surface area contributed by atoms with Gasteiger partial charge in [0.15, 0.2) is 0 Å². The standard InChI is InChI=1S/C17H20N2O3S2/c1-12(2)17(20)19-8-7-13-5-6-15(10-14(13)11-19)18-24(21,22)16-4-3-9-23-16/h3-6,9-10,12,18H,7-8,11H2,1-2H3. The van der Waals surface area contributed by atoms with E-state index in [1.54, 1.807) is 23.6 Å². The highest BCUT2D eigenvalue weighted by Gasteiger charge is 2.23. The minimum atomic E-state index is -3.55. The van der Waals surface area contributed by atoms with Crippen molar-refractivity contribution in [3.05, 3.63) is 46.8 Å². The first-order valence-corrected chi connectivity index (χ1v) is 10.2. The van der Waals surface area contributed by atoms with Crippen LogP contribution in [0.15, 0.2) is 39.9 Å². The zero-order valence-corrected chi connectivity index (χ0v) is 15.3. The number of thiophene rings is 1. The van der Waals surface area contributed by atoms with Gasteiger partial charge in [-0.3, -0.25) is 9.52 Å². The molecule has 1 aliphatic rings. The van der Waals surface area contributed by atoms with Gasteiger partial charge in [0.1, 0.15) is 4.21 Å². The molecule has 128 valence electrons.